The van der Waals surface area contributed by atoms with Crippen molar-refractivity contribution in [1.82, 2.24) is 15.5 Å². The molecule has 3 N–H and O–H groups in total. The molecule has 0 spiro atoms. The highest BCUT2D eigenvalue weighted by atomic mass is 16.4. The van der Waals surface area contributed by atoms with Gasteiger partial charge in [-0.05, 0) is 13.8 Å². The minimum absolute atomic E-state index is 0.340. The smallest absolute Gasteiger partial charge is 0.324 e. The third-order valence-electron chi connectivity index (χ3n) is 2.66. The second kappa shape index (κ2) is 5.68. The topological polar surface area (TPSA) is 133 Å². The van der Waals surface area contributed by atoms with Crippen LogP contribution < -0.4 is 10.6 Å². The number of piperazine rings is 1. The van der Waals surface area contributed by atoms with Gasteiger partial charge < -0.3 is 10.0 Å². The molecule has 110 valence electrons. The largest absolute Gasteiger partial charge is 0.481 e. The molecule has 1 aliphatic heterocycles. The average molecular weight is 285 g/mol. The minimum atomic E-state index is -1.32. The summed E-state index contributed by atoms with van der Waals surface area (Å²) in [5.74, 6) is -3.25. The van der Waals surface area contributed by atoms with Crippen LogP contribution in [0.4, 0.5) is 4.79 Å². The van der Waals surface area contributed by atoms with Crippen LogP contribution in [0.15, 0.2) is 0 Å². The van der Waals surface area contributed by atoms with Crippen molar-refractivity contribution in [3.05, 3.63) is 0 Å². The number of amides is 5. The highest BCUT2D eigenvalue weighted by molar-refractivity contribution is 6.04. The number of aliphatic carboxylic acids is 1. The van der Waals surface area contributed by atoms with Gasteiger partial charge >= 0.3 is 12.0 Å². The molecule has 0 aromatic carbocycles. The summed E-state index contributed by atoms with van der Waals surface area (Å²) in [5.41, 5.74) is -1.32. The first-order chi connectivity index (χ1) is 9.11. The Morgan fingerprint density at radius 1 is 1.25 bits per heavy atom. The van der Waals surface area contributed by atoms with Gasteiger partial charge in [-0.3, -0.25) is 29.8 Å². The number of rotatable bonds is 3. The molecular weight excluding hydrogens is 270 g/mol. The molecule has 0 aromatic heterocycles. The number of carboxylic acids is 1. The van der Waals surface area contributed by atoms with Crippen LogP contribution in [0, 0.1) is 5.41 Å². The van der Waals surface area contributed by atoms with Crippen molar-refractivity contribution in [3.63, 3.8) is 0 Å². The fourth-order valence-corrected chi connectivity index (χ4v) is 1.50. The van der Waals surface area contributed by atoms with Crippen LogP contribution in [-0.2, 0) is 19.2 Å². The molecule has 1 rings (SSSR count). The minimum Gasteiger partial charge on any atom is -0.481 e. The van der Waals surface area contributed by atoms with Gasteiger partial charge in [0.05, 0.1) is 5.41 Å². The van der Waals surface area contributed by atoms with E-state index in [-0.39, 0.29) is 13.1 Å². The number of imide groups is 2. The van der Waals surface area contributed by atoms with Gasteiger partial charge in [0.2, 0.25) is 17.7 Å². The van der Waals surface area contributed by atoms with E-state index in [0.29, 0.717) is 0 Å². The molecule has 0 radical (unpaired) electrons. The van der Waals surface area contributed by atoms with E-state index in [4.69, 9.17) is 5.11 Å². The fourth-order valence-electron chi connectivity index (χ4n) is 1.50. The fraction of sp³-hybridized carbons (Fsp3) is 0.545. The lowest BCUT2D eigenvalue weighted by Crippen LogP contribution is -2.56. The molecule has 0 aliphatic carbocycles. The SMILES string of the molecule is CC(C)(CC(=O)NC(=O)N1CC(=O)NC(=O)C1)C(=O)O. The highest BCUT2D eigenvalue weighted by Crippen LogP contribution is 2.20. The van der Waals surface area contributed by atoms with Crippen LogP contribution in [0.2, 0.25) is 0 Å². The molecule has 0 saturated carbocycles. The van der Waals surface area contributed by atoms with Crippen molar-refractivity contribution in [1.29, 1.82) is 0 Å². The van der Waals surface area contributed by atoms with Crippen molar-refractivity contribution in [2.45, 2.75) is 20.3 Å². The Kier molecular flexibility index (Phi) is 4.43. The van der Waals surface area contributed by atoms with E-state index in [0.717, 1.165) is 4.90 Å². The zero-order chi connectivity index (χ0) is 15.5. The zero-order valence-electron chi connectivity index (χ0n) is 11.1. The quantitative estimate of drug-likeness (QED) is 0.551. The van der Waals surface area contributed by atoms with Crippen molar-refractivity contribution in [3.8, 4) is 0 Å². The molecule has 9 heteroatoms. The van der Waals surface area contributed by atoms with Crippen LogP contribution in [-0.4, -0.2) is 52.8 Å². The Labute approximate surface area is 114 Å². The van der Waals surface area contributed by atoms with Gasteiger partial charge in [0.15, 0.2) is 0 Å². The maximum Gasteiger partial charge on any atom is 0.324 e. The van der Waals surface area contributed by atoms with E-state index < -0.39 is 41.6 Å². The Balaban J connectivity index is 2.58. The maximum absolute atomic E-state index is 11.7. The van der Waals surface area contributed by atoms with Crippen molar-refractivity contribution in [2.24, 2.45) is 5.41 Å². The van der Waals surface area contributed by atoms with E-state index in [1.54, 1.807) is 0 Å². The Morgan fingerprint density at radius 3 is 2.20 bits per heavy atom. The molecule has 1 fully saturated rings. The Hall–Kier alpha value is -2.45. The lowest BCUT2D eigenvalue weighted by molar-refractivity contribution is -0.149. The predicted molar refractivity (Wildman–Crippen MR) is 64.3 cm³/mol. The lowest BCUT2D eigenvalue weighted by Gasteiger charge is -2.26. The maximum atomic E-state index is 11.7. The molecule has 20 heavy (non-hydrogen) atoms. The molecule has 9 nitrogen and oxygen atoms in total. The van der Waals surface area contributed by atoms with Gasteiger partial charge in [0.1, 0.15) is 13.1 Å². The van der Waals surface area contributed by atoms with Gasteiger partial charge in [-0.25, -0.2) is 4.79 Å². The van der Waals surface area contributed by atoms with Crippen molar-refractivity contribution >= 4 is 29.7 Å². The molecule has 0 unspecified atom stereocenters. The second-order valence-electron chi connectivity index (χ2n) is 5.05. The molecule has 5 amide bonds. The van der Waals surface area contributed by atoms with Crippen LogP contribution in [0.25, 0.3) is 0 Å². The van der Waals surface area contributed by atoms with Gasteiger partial charge in [-0.2, -0.15) is 0 Å². The number of nitrogens with one attached hydrogen (secondary N) is 2. The van der Waals surface area contributed by atoms with Gasteiger partial charge in [-0.1, -0.05) is 0 Å². The molecule has 0 bridgehead atoms. The Morgan fingerprint density at radius 2 is 1.75 bits per heavy atom. The summed E-state index contributed by atoms with van der Waals surface area (Å²) in [6.45, 7) is 2.01. The number of nitrogens with zero attached hydrogens (tertiary/aromatic N) is 1. The lowest BCUT2D eigenvalue weighted by atomic mass is 9.89. The summed E-state index contributed by atoms with van der Waals surface area (Å²) in [5, 5.41) is 12.8. The highest BCUT2D eigenvalue weighted by Gasteiger charge is 2.32. The normalized spacial score (nSPS) is 15.6. The van der Waals surface area contributed by atoms with E-state index in [2.05, 4.69) is 0 Å². The molecule has 1 saturated heterocycles. The molecule has 0 atom stereocenters. The van der Waals surface area contributed by atoms with Gasteiger partial charge in [0.25, 0.3) is 0 Å². The van der Waals surface area contributed by atoms with E-state index in [9.17, 15) is 24.0 Å². The van der Waals surface area contributed by atoms with Crippen LogP contribution >= 0.6 is 0 Å². The third kappa shape index (κ3) is 4.04. The summed E-state index contributed by atoms with van der Waals surface area (Å²) in [7, 11) is 0. The van der Waals surface area contributed by atoms with E-state index >= 15 is 0 Å². The summed E-state index contributed by atoms with van der Waals surface area (Å²) in [4.78, 5) is 57.1. The average Bonchev–Trinajstić information content (AvgIpc) is 2.26. The summed E-state index contributed by atoms with van der Waals surface area (Å²) in [6.07, 6.45) is -0.401. The first-order valence-electron chi connectivity index (χ1n) is 5.76. The number of hydrogen-bond donors (Lipinski definition) is 3. The number of hydrogen-bond acceptors (Lipinski definition) is 5. The summed E-state index contributed by atoms with van der Waals surface area (Å²) < 4.78 is 0. The van der Waals surface area contributed by atoms with Gasteiger partial charge in [0, 0.05) is 6.42 Å². The zero-order valence-corrected chi connectivity index (χ0v) is 11.1. The second-order valence-corrected chi connectivity index (χ2v) is 5.05. The Bertz CT molecular complexity index is 469. The summed E-state index contributed by atoms with van der Waals surface area (Å²) >= 11 is 0. The molecule has 1 heterocycles. The standard InChI is InChI=1S/C11H15N3O6/c1-11(2,9(18)19)3-6(15)13-10(20)14-4-7(16)12-8(17)5-14/h3-5H2,1-2H3,(H,18,19)(H,12,16,17)(H,13,15,20). The third-order valence-corrected chi connectivity index (χ3v) is 2.66. The van der Waals surface area contributed by atoms with Crippen molar-refractivity contribution < 1.29 is 29.1 Å². The van der Waals surface area contributed by atoms with E-state index in [1.165, 1.54) is 13.8 Å². The van der Waals surface area contributed by atoms with Crippen molar-refractivity contribution in [2.75, 3.05) is 13.1 Å². The first kappa shape index (κ1) is 15.6. The van der Waals surface area contributed by atoms with E-state index in [1.807, 2.05) is 10.6 Å². The molecule has 0 aromatic rings. The number of urea groups is 1. The van der Waals surface area contributed by atoms with Crippen LogP contribution in [0.3, 0.4) is 0 Å². The first-order valence-corrected chi connectivity index (χ1v) is 5.76. The number of carbonyl (C=O) groups is 5. The van der Waals surface area contributed by atoms with Gasteiger partial charge in [-0.15, -0.1) is 0 Å². The monoisotopic (exact) mass is 285 g/mol. The van der Waals surface area contributed by atoms with Crippen LogP contribution in [0.5, 0.6) is 0 Å². The van der Waals surface area contributed by atoms with Crippen LogP contribution in [0.1, 0.15) is 20.3 Å². The number of carboxylic acid groups (broad SMARTS) is 1. The summed E-state index contributed by atoms with van der Waals surface area (Å²) in [6, 6.07) is -0.903. The molecule has 1 aliphatic rings. The predicted octanol–water partition coefficient (Wildman–Crippen LogP) is -1.32. The molecular formula is C11H15N3O6. The number of carbonyl (C=O) groups excluding carboxylic acids is 4.